The molecule has 3 rings (SSSR count). The second kappa shape index (κ2) is 6.87. The van der Waals surface area contributed by atoms with Gasteiger partial charge in [0.1, 0.15) is 17.2 Å². The summed E-state index contributed by atoms with van der Waals surface area (Å²) >= 11 is 0. The lowest BCUT2D eigenvalue weighted by atomic mass is 9.89. The minimum atomic E-state index is -0.342. The molecular formula is C21H24FNO2. The molecule has 1 atom stereocenters. The molecule has 0 saturated heterocycles. The summed E-state index contributed by atoms with van der Waals surface area (Å²) in [6, 6.07) is 12.5. The van der Waals surface area contributed by atoms with Gasteiger partial charge < -0.3 is 10.1 Å². The van der Waals surface area contributed by atoms with Gasteiger partial charge in [-0.15, -0.1) is 0 Å². The Labute approximate surface area is 148 Å². The Kier molecular flexibility index (Phi) is 4.80. The Morgan fingerprint density at radius 2 is 2.04 bits per heavy atom. The van der Waals surface area contributed by atoms with Crippen LogP contribution < -0.4 is 10.1 Å². The summed E-state index contributed by atoms with van der Waals surface area (Å²) in [7, 11) is 0. The van der Waals surface area contributed by atoms with E-state index in [1.165, 1.54) is 6.07 Å². The van der Waals surface area contributed by atoms with Gasteiger partial charge in [0.15, 0.2) is 0 Å². The first-order valence-corrected chi connectivity index (χ1v) is 8.66. The summed E-state index contributed by atoms with van der Waals surface area (Å²) in [6.45, 7) is 6.07. The van der Waals surface area contributed by atoms with E-state index in [1.54, 1.807) is 18.2 Å². The third-order valence-electron chi connectivity index (χ3n) is 4.54. The molecule has 0 saturated carbocycles. The molecule has 2 aromatic carbocycles. The maximum atomic E-state index is 13.7. The SMILES string of the molecule is Cc1ccc2c(c1)[C@@H](NC(=O)CCc1ccccc1F)CC(C)(C)O2. The quantitative estimate of drug-likeness (QED) is 0.890. The molecule has 4 heteroatoms. The van der Waals surface area contributed by atoms with Gasteiger partial charge in [0, 0.05) is 18.4 Å². The van der Waals surface area contributed by atoms with Gasteiger partial charge in [-0.2, -0.15) is 0 Å². The Morgan fingerprint density at radius 3 is 2.80 bits per heavy atom. The predicted molar refractivity (Wildman–Crippen MR) is 96.1 cm³/mol. The molecule has 2 aromatic rings. The Hall–Kier alpha value is -2.36. The average molecular weight is 341 g/mol. The topological polar surface area (TPSA) is 38.3 Å². The van der Waals surface area contributed by atoms with E-state index in [2.05, 4.69) is 11.4 Å². The van der Waals surface area contributed by atoms with Crippen molar-refractivity contribution in [1.82, 2.24) is 5.32 Å². The molecule has 1 aliphatic rings. The van der Waals surface area contributed by atoms with Crippen molar-refractivity contribution < 1.29 is 13.9 Å². The number of ether oxygens (including phenoxy) is 1. The van der Waals surface area contributed by atoms with Crippen LogP contribution in [0.1, 0.15) is 49.4 Å². The van der Waals surface area contributed by atoms with Crippen LogP contribution in [0.2, 0.25) is 0 Å². The van der Waals surface area contributed by atoms with Gasteiger partial charge in [-0.3, -0.25) is 4.79 Å². The standard InChI is InChI=1S/C21H24FNO2/c1-14-8-10-19-16(12-14)18(13-21(2,3)25-19)23-20(24)11-9-15-6-4-5-7-17(15)22/h4-8,10,12,18H,9,11,13H2,1-3H3,(H,23,24)/t18-/m0/s1. The molecule has 1 aliphatic heterocycles. The van der Waals surface area contributed by atoms with Gasteiger partial charge in [0.25, 0.3) is 0 Å². The van der Waals surface area contributed by atoms with Gasteiger partial charge in [-0.1, -0.05) is 35.9 Å². The molecule has 1 N–H and O–H groups in total. The Morgan fingerprint density at radius 1 is 1.28 bits per heavy atom. The highest BCUT2D eigenvalue weighted by Gasteiger charge is 2.34. The van der Waals surface area contributed by atoms with E-state index in [-0.39, 0.29) is 29.8 Å². The molecule has 0 aromatic heterocycles. The highest BCUT2D eigenvalue weighted by molar-refractivity contribution is 5.77. The first kappa shape index (κ1) is 17.5. The van der Waals surface area contributed by atoms with E-state index in [4.69, 9.17) is 4.74 Å². The second-order valence-corrected chi connectivity index (χ2v) is 7.32. The predicted octanol–water partition coefficient (Wildman–Crippen LogP) is 4.49. The fourth-order valence-electron chi connectivity index (χ4n) is 3.32. The lowest BCUT2D eigenvalue weighted by molar-refractivity contribution is -0.122. The van der Waals surface area contributed by atoms with Gasteiger partial charge in [-0.05, 0) is 44.9 Å². The summed E-state index contributed by atoms with van der Waals surface area (Å²) in [4.78, 5) is 12.4. The summed E-state index contributed by atoms with van der Waals surface area (Å²) in [6.07, 6.45) is 1.36. The molecule has 0 aliphatic carbocycles. The number of carbonyl (C=O) groups is 1. The zero-order valence-corrected chi connectivity index (χ0v) is 14.9. The lowest BCUT2D eigenvalue weighted by Gasteiger charge is -2.38. The van der Waals surface area contributed by atoms with Gasteiger partial charge in [0.2, 0.25) is 5.91 Å². The fourth-order valence-corrected chi connectivity index (χ4v) is 3.32. The number of carbonyl (C=O) groups excluding carboxylic acids is 1. The van der Waals surface area contributed by atoms with Crippen molar-refractivity contribution >= 4 is 5.91 Å². The number of aryl methyl sites for hydroxylation is 2. The zero-order chi connectivity index (χ0) is 18.0. The molecule has 0 fully saturated rings. The Bertz CT molecular complexity index is 785. The van der Waals surface area contributed by atoms with E-state index >= 15 is 0 Å². The van der Waals surface area contributed by atoms with Crippen LogP contribution in [0.15, 0.2) is 42.5 Å². The van der Waals surface area contributed by atoms with Crippen molar-refractivity contribution in [2.75, 3.05) is 0 Å². The first-order chi connectivity index (χ1) is 11.8. The lowest BCUT2D eigenvalue weighted by Crippen LogP contribution is -2.41. The number of hydrogen-bond donors (Lipinski definition) is 1. The molecule has 0 spiro atoms. The first-order valence-electron chi connectivity index (χ1n) is 8.66. The van der Waals surface area contributed by atoms with Crippen LogP contribution in [-0.4, -0.2) is 11.5 Å². The van der Waals surface area contributed by atoms with Crippen LogP contribution in [0, 0.1) is 12.7 Å². The number of nitrogens with one attached hydrogen (secondary N) is 1. The number of halogens is 1. The van der Waals surface area contributed by atoms with Crippen molar-refractivity contribution in [1.29, 1.82) is 0 Å². The second-order valence-electron chi connectivity index (χ2n) is 7.32. The van der Waals surface area contributed by atoms with Crippen molar-refractivity contribution in [2.45, 2.75) is 51.7 Å². The fraction of sp³-hybridized carbons (Fsp3) is 0.381. The maximum Gasteiger partial charge on any atom is 0.220 e. The molecule has 1 amide bonds. The van der Waals surface area contributed by atoms with E-state index in [0.29, 0.717) is 18.4 Å². The van der Waals surface area contributed by atoms with Crippen molar-refractivity contribution in [3.8, 4) is 5.75 Å². The summed E-state index contributed by atoms with van der Waals surface area (Å²) in [5, 5.41) is 3.11. The van der Waals surface area contributed by atoms with Gasteiger partial charge in [0.05, 0.1) is 6.04 Å². The number of hydrogen-bond acceptors (Lipinski definition) is 2. The zero-order valence-electron chi connectivity index (χ0n) is 14.9. The number of rotatable bonds is 4. The molecule has 3 nitrogen and oxygen atoms in total. The molecule has 0 unspecified atom stereocenters. The molecule has 0 radical (unpaired) electrons. The van der Waals surface area contributed by atoms with Crippen LogP contribution in [0.25, 0.3) is 0 Å². The smallest absolute Gasteiger partial charge is 0.220 e. The molecular weight excluding hydrogens is 317 g/mol. The van der Waals surface area contributed by atoms with Crippen molar-refractivity contribution in [3.05, 3.63) is 65.0 Å². The number of amides is 1. The van der Waals surface area contributed by atoms with Crippen LogP contribution in [0.5, 0.6) is 5.75 Å². The number of benzene rings is 2. The maximum absolute atomic E-state index is 13.7. The number of fused-ring (bicyclic) bond motifs is 1. The molecule has 132 valence electrons. The molecule has 1 heterocycles. The minimum absolute atomic E-state index is 0.0709. The summed E-state index contributed by atoms with van der Waals surface area (Å²) < 4.78 is 19.7. The van der Waals surface area contributed by atoms with Crippen molar-refractivity contribution in [2.24, 2.45) is 0 Å². The van der Waals surface area contributed by atoms with Crippen LogP contribution in [-0.2, 0) is 11.2 Å². The largest absolute Gasteiger partial charge is 0.487 e. The highest BCUT2D eigenvalue weighted by atomic mass is 19.1. The van der Waals surface area contributed by atoms with E-state index in [1.807, 2.05) is 32.9 Å². The third kappa shape index (κ3) is 4.19. The third-order valence-corrected chi connectivity index (χ3v) is 4.54. The van der Waals surface area contributed by atoms with Gasteiger partial charge in [-0.25, -0.2) is 4.39 Å². The van der Waals surface area contributed by atoms with Gasteiger partial charge >= 0.3 is 0 Å². The molecule has 25 heavy (non-hydrogen) atoms. The van der Waals surface area contributed by atoms with E-state index in [0.717, 1.165) is 16.9 Å². The van der Waals surface area contributed by atoms with Crippen molar-refractivity contribution in [3.63, 3.8) is 0 Å². The van der Waals surface area contributed by atoms with E-state index < -0.39 is 0 Å². The summed E-state index contributed by atoms with van der Waals surface area (Å²) in [5.41, 5.74) is 2.37. The highest BCUT2D eigenvalue weighted by Crippen LogP contribution is 2.39. The molecule has 0 bridgehead atoms. The normalized spacial score (nSPS) is 18.2. The minimum Gasteiger partial charge on any atom is -0.487 e. The van der Waals surface area contributed by atoms with Crippen LogP contribution in [0.4, 0.5) is 4.39 Å². The average Bonchev–Trinajstić information content (AvgIpc) is 2.54. The Balaban J connectivity index is 1.70. The monoisotopic (exact) mass is 341 g/mol. The van der Waals surface area contributed by atoms with E-state index in [9.17, 15) is 9.18 Å². The van der Waals surface area contributed by atoms with Crippen LogP contribution >= 0.6 is 0 Å². The summed E-state index contributed by atoms with van der Waals surface area (Å²) in [5.74, 6) is 0.489. The van der Waals surface area contributed by atoms with Crippen LogP contribution in [0.3, 0.4) is 0 Å².